The molecule has 11 nitrogen and oxygen atoms in total. The van der Waals surface area contributed by atoms with Gasteiger partial charge in [-0.3, -0.25) is 14.3 Å². The number of furan rings is 1. The van der Waals surface area contributed by atoms with Gasteiger partial charge in [0.05, 0.1) is 30.3 Å². The Bertz CT molecular complexity index is 1290. The molecule has 3 aromatic rings. The van der Waals surface area contributed by atoms with E-state index in [1.807, 2.05) is 0 Å². The van der Waals surface area contributed by atoms with Gasteiger partial charge in [0, 0.05) is 24.0 Å². The molecule has 0 unspecified atom stereocenters. The zero-order valence-electron chi connectivity index (χ0n) is 18.3. The molecule has 0 aliphatic rings. The Balaban J connectivity index is 1.68. The number of nitrogens with one attached hydrogen (secondary N) is 5. The van der Waals surface area contributed by atoms with E-state index in [1.165, 1.54) is 31.4 Å². The molecule has 0 saturated heterocycles. The molecule has 0 saturated carbocycles. The van der Waals surface area contributed by atoms with Crippen molar-refractivity contribution in [2.75, 3.05) is 26.9 Å². The van der Waals surface area contributed by atoms with Crippen LogP contribution in [0, 0.1) is 0 Å². The predicted octanol–water partition coefficient (Wildman–Crippen LogP) is 3.18. The molecule has 0 aliphatic carbocycles. The molecule has 0 spiro atoms. The van der Waals surface area contributed by atoms with Gasteiger partial charge < -0.3 is 25.7 Å². The first-order valence-corrected chi connectivity index (χ1v) is 11.9. The second kappa shape index (κ2) is 10.5. The number of hydrogen-bond acceptors (Lipinski definition) is 6. The molecule has 178 valence electrons. The van der Waals surface area contributed by atoms with Crippen molar-refractivity contribution < 1.29 is 27.2 Å². The lowest BCUT2D eigenvalue weighted by atomic mass is 10.1. The van der Waals surface area contributed by atoms with E-state index in [-0.39, 0.29) is 23.7 Å². The number of benzene rings is 2. The summed E-state index contributed by atoms with van der Waals surface area (Å²) in [4.78, 5) is 36.2. The van der Waals surface area contributed by atoms with E-state index < -0.39 is 22.0 Å². The molecule has 34 heavy (non-hydrogen) atoms. The number of carbonyl (C=O) groups is 3. The summed E-state index contributed by atoms with van der Waals surface area (Å²) in [6, 6.07) is 13.6. The number of carbonyl (C=O) groups excluding carboxylic acids is 3. The van der Waals surface area contributed by atoms with Crippen molar-refractivity contribution in [2.24, 2.45) is 0 Å². The first-order valence-electron chi connectivity index (χ1n) is 9.97. The fourth-order valence-electron chi connectivity index (χ4n) is 2.89. The Morgan fingerprint density at radius 1 is 0.882 bits per heavy atom. The molecule has 0 radical (unpaired) electrons. The largest absolute Gasteiger partial charge is 0.467 e. The third kappa shape index (κ3) is 7.38. The van der Waals surface area contributed by atoms with Crippen molar-refractivity contribution in [1.29, 1.82) is 0 Å². The first-order chi connectivity index (χ1) is 16.1. The number of amides is 4. The summed E-state index contributed by atoms with van der Waals surface area (Å²) in [6.45, 7) is 1.55. The van der Waals surface area contributed by atoms with E-state index in [2.05, 4.69) is 26.0 Å². The summed E-state index contributed by atoms with van der Waals surface area (Å²) in [5.74, 6) is -0.331. The lowest BCUT2D eigenvalue weighted by Crippen LogP contribution is -2.27. The van der Waals surface area contributed by atoms with Gasteiger partial charge in [-0.15, -0.1) is 0 Å². The lowest BCUT2D eigenvalue weighted by Gasteiger charge is -2.14. The van der Waals surface area contributed by atoms with Crippen molar-refractivity contribution in [1.82, 2.24) is 5.32 Å². The number of sulfonamides is 1. The topological polar surface area (TPSA) is 159 Å². The molecule has 0 fully saturated rings. The number of anilines is 4. The van der Waals surface area contributed by atoms with Crippen LogP contribution in [0.15, 0.2) is 65.3 Å². The highest BCUT2D eigenvalue weighted by Crippen LogP contribution is 2.23. The van der Waals surface area contributed by atoms with E-state index in [1.54, 1.807) is 36.4 Å². The van der Waals surface area contributed by atoms with Gasteiger partial charge in [0.15, 0.2) is 0 Å². The van der Waals surface area contributed by atoms with Crippen molar-refractivity contribution in [3.05, 3.63) is 72.2 Å². The molecule has 1 heterocycles. The first kappa shape index (κ1) is 24.3. The third-order valence-electron chi connectivity index (χ3n) is 4.28. The molecule has 0 atom stereocenters. The predicted molar refractivity (Wildman–Crippen MR) is 128 cm³/mol. The molecule has 1 aromatic heterocycles. The maximum atomic E-state index is 12.9. The molecular weight excluding hydrogens is 462 g/mol. The van der Waals surface area contributed by atoms with E-state index >= 15 is 0 Å². The Morgan fingerprint density at radius 2 is 1.53 bits per heavy atom. The van der Waals surface area contributed by atoms with Crippen LogP contribution in [0.2, 0.25) is 0 Å². The molecule has 4 amide bonds. The van der Waals surface area contributed by atoms with E-state index in [9.17, 15) is 22.8 Å². The van der Waals surface area contributed by atoms with Crippen LogP contribution in [0.5, 0.6) is 0 Å². The number of hydrogen-bond donors (Lipinski definition) is 5. The van der Waals surface area contributed by atoms with E-state index in [4.69, 9.17) is 4.42 Å². The SMILES string of the molecule is CC(=O)Nc1ccc(NS(C)(=O)=O)c(C(=O)Nc2ccc(NC(=O)NCc3ccco3)cc2)c1. The summed E-state index contributed by atoms with van der Waals surface area (Å²) in [7, 11) is -3.65. The maximum absolute atomic E-state index is 12.9. The van der Waals surface area contributed by atoms with Crippen LogP contribution in [0.1, 0.15) is 23.0 Å². The normalized spacial score (nSPS) is 10.8. The van der Waals surface area contributed by atoms with Crippen molar-refractivity contribution >= 4 is 50.6 Å². The molecule has 3 rings (SSSR count). The highest BCUT2D eigenvalue weighted by molar-refractivity contribution is 7.92. The van der Waals surface area contributed by atoms with Crippen molar-refractivity contribution in [3.63, 3.8) is 0 Å². The van der Waals surface area contributed by atoms with E-state index in [0.717, 1.165) is 6.26 Å². The minimum Gasteiger partial charge on any atom is -0.467 e. The Morgan fingerprint density at radius 3 is 2.12 bits per heavy atom. The van der Waals surface area contributed by atoms with Gasteiger partial charge in [0.2, 0.25) is 15.9 Å². The van der Waals surface area contributed by atoms with Gasteiger partial charge in [-0.25, -0.2) is 13.2 Å². The van der Waals surface area contributed by atoms with E-state index in [0.29, 0.717) is 22.8 Å². The second-order valence-corrected chi connectivity index (χ2v) is 8.98. The smallest absolute Gasteiger partial charge is 0.319 e. The second-order valence-electron chi connectivity index (χ2n) is 7.23. The molecule has 0 bridgehead atoms. The monoisotopic (exact) mass is 485 g/mol. The highest BCUT2D eigenvalue weighted by Gasteiger charge is 2.16. The van der Waals surface area contributed by atoms with Gasteiger partial charge in [-0.05, 0) is 54.6 Å². The fraction of sp³-hybridized carbons (Fsp3) is 0.136. The van der Waals surface area contributed by atoms with Crippen LogP contribution in [-0.4, -0.2) is 32.5 Å². The van der Waals surface area contributed by atoms with Crippen LogP contribution < -0.4 is 26.0 Å². The maximum Gasteiger partial charge on any atom is 0.319 e. The lowest BCUT2D eigenvalue weighted by molar-refractivity contribution is -0.114. The minimum absolute atomic E-state index is 0.0104. The van der Waals surface area contributed by atoms with Gasteiger partial charge in [-0.1, -0.05) is 0 Å². The van der Waals surface area contributed by atoms with Crippen LogP contribution in [-0.2, 0) is 21.4 Å². The molecule has 2 aromatic carbocycles. The molecule has 5 N–H and O–H groups in total. The van der Waals surface area contributed by atoms with Gasteiger partial charge in [-0.2, -0.15) is 0 Å². The summed E-state index contributed by atoms with van der Waals surface area (Å²) in [5.41, 5.74) is 1.29. The Kier molecular flexibility index (Phi) is 7.53. The van der Waals surface area contributed by atoms with Crippen LogP contribution >= 0.6 is 0 Å². The third-order valence-corrected chi connectivity index (χ3v) is 4.87. The number of urea groups is 1. The summed E-state index contributed by atoms with van der Waals surface area (Å²) < 4.78 is 30.8. The fourth-order valence-corrected chi connectivity index (χ4v) is 3.47. The standard InChI is InChI=1S/C22H23N5O6S/c1-14(28)24-17-9-10-20(27-34(2,31)32)19(12-17)21(29)25-15-5-7-16(8-6-15)26-22(30)23-13-18-4-3-11-33-18/h3-12,27H,13H2,1-2H3,(H,24,28)(H,25,29)(H2,23,26,30). The van der Waals surface area contributed by atoms with Crippen LogP contribution in [0.4, 0.5) is 27.5 Å². The van der Waals surface area contributed by atoms with Crippen molar-refractivity contribution in [2.45, 2.75) is 13.5 Å². The van der Waals surface area contributed by atoms with Crippen molar-refractivity contribution in [3.8, 4) is 0 Å². The van der Waals surface area contributed by atoms with Gasteiger partial charge in [0.25, 0.3) is 5.91 Å². The highest BCUT2D eigenvalue weighted by atomic mass is 32.2. The van der Waals surface area contributed by atoms with Gasteiger partial charge >= 0.3 is 6.03 Å². The number of rotatable bonds is 8. The average Bonchev–Trinajstić information content (AvgIpc) is 3.27. The Hall–Kier alpha value is -4.32. The minimum atomic E-state index is -3.65. The van der Waals surface area contributed by atoms with Crippen LogP contribution in [0.25, 0.3) is 0 Å². The average molecular weight is 486 g/mol. The molecule has 0 aliphatic heterocycles. The zero-order valence-corrected chi connectivity index (χ0v) is 19.2. The Labute approximate surface area is 196 Å². The van der Waals surface area contributed by atoms with Gasteiger partial charge in [0.1, 0.15) is 5.76 Å². The van der Waals surface area contributed by atoms with Crippen LogP contribution in [0.3, 0.4) is 0 Å². The quantitative estimate of drug-likeness (QED) is 0.330. The summed E-state index contributed by atoms with van der Waals surface area (Å²) in [6.07, 6.45) is 2.48. The zero-order chi connectivity index (χ0) is 24.7. The summed E-state index contributed by atoms with van der Waals surface area (Å²) in [5, 5.41) is 10.5. The molecular formula is C22H23N5O6S. The summed E-state index contributed by atoms with van der Waals surface area (Å²) >= 11 is 0. The molecule has 12 heteroatoms.